The first kappa shape index (κ1) is 17.0. The first-order valence-electron chi connectivity index (χ1n) is 7.56. The minimum Gasteiger partial charge on any atom is -0.461 e. The zero-order chi connectivity index (χ0) is 16.7. The van der Waals surface area contributed by atoms with Crippen molar-refractivity contribution in [3.8, 4) is 0 Å². The number of carbonyl (C=O) groups is 1. The van der Waals surface area contributed by atoms with Gasteiger partial charge in [-0.05, 0) is 32.6 Å². The van der Waals surface area contributed by atoms with Gasteiger partial charge in [-0.25, -0.2) is 13.2 Å². The van der Waals surface area contributed by atoms with Crippen molar-refractivity contribution in [1.29, 1.82) is 0 Å². The van der Waals surface area contributed by atoms with Crippen LogP contribution in [0.3, 0.4) is 0 Å². The van der Waals surface area contributed by atoms with Crippen LogP contribution in [0.4, 0.5) is 0 Å². The molecule has 124 valence electrons. The highest BCUT2D eigenvalue weighted by molar-refractivity contribution is 7.89. The first-order valence-corrected chi connectivity index (χ1v) is 9.00. The quantitative estimate of drug-likeness (QED) is 0.858. The van der Waals surface area contributed by atoms with Gasteiger partial charge in [-0.15, -0.1) is 0 Å². The van der Waals surface area contributed by atoms with Gasteiger partial charge in [-0.2, -0.15) is 4.31 Å². The second-order valence-corrected chi connectivity index (χ2v) is 7.95. The summed E-state index contributed by atoms with van der Waals surface area (Å²) < 4.78 is 32.3. The highest BCUT2D eigenvalue weighted by atomic mass is 32.2. The van der Waals surface area contributed by atoms with E-state index in [1.165, 1.54) is 4.31 Å². The van der Waals surface area contributed by atoms with E-state index in [1.54, 1.807) is 20.8 Å². The van der Waals surface area contributed by atoms with Crippen molar-refractivity contribution < 1.29 is 17.9 Å². The molecule has 22 heavy (non-hydrogen) atoms. The average molecular weight is 328 g/mol. The monoisotopic (exact) mass is 328 g/mol. The number of carbonyl (C=O) groups excluding carboxylic acids is 1. The minimum atomic E-state index is -3.60. The summed E-state index contributed by atoms with van der Waals surface area (Å²) in [6, 6.07) is 0. The smallest absolute Gasteiger partial charge is 0.355 e. The Labute approximate surface area is 131 Å². The summed E-state index contributed by atoms with van der Waals surface area (Å²) in [5.41, 5.74) is 1.13. The van der Waals surface area contributed by atoms with Crippen LogP contribution in [0.1, 0.15) is 42.5 Å². The van der Waals surface area contributed by atoms with E-state index in [0.29, 0.717) is 36.2 Å². The third-order valence-electron chi connectivity index (χ3n) is 4.40. The van der Waals surface area contributed by atoms with Gasteiger partial charge in [0, 0.05) is 24.3 Å². The standard InChI is InChI=1S/C15H24N2O4S/c1-6-21-15(18)13-11(4)14(12(5)16-13)22(19,20)17-7-9(2)10(3)8-17/h9-10,16H,6-8H2,1-5H3. The zero-order valence-corrected chi connectivity index (χ0v) is 14.6. The van der Waals surface area contributed by atoms with Gasteiger partial charge >= 0.3 is 5.97 Å². The normalized spacial score (nSPS) is 23.0. The predicted molar refractivity (Wildman–Crippen MR) is 83.3 cm³/mol. The molecule has 1 aromatic heterocycles. The Morgan fingerprint density at radius 3 is 2.32 bits per heavy atom. The highest BCUT2D eigenvalue weighted by Crippen LogP contribution is 2.32. The molecular formula is C15H24N2O4S. The van der Waals surface area contributed by atoms with E-state index in [2.05, 4.69) is 18.8 Å². The van der Waals surface area contributed by atoms with Crippen LogP contribution < -0.4 is 0 Å². The molecule has 6 nitrogen and oxygen atoms in total. The zero-order valence-electron chi connectivity index (χ0n) is 13.8. The fourth-order valence-electron chi connectivity index (χ4n) is 2.93. The molecule has 1 N–H and O–H groups in total. The molecule has 1 saturated heterocycles. The number of aromatic nitrogens is 1. The van der Waals surface area contributed by atoms with Crippen LogP contribution in [0.25, 0.3) is 0 Å². The molecule has 0 aliphatic carbocycles. The topological polar surface area (TPSA) is 79.5 Å². The van der Waals surface area contributed by atoms with Crippen LogP contribution in [-0.2, 0) is 14.8 Å². The summed E-state index contributed by atoms with van der Waals surface area (Å²) in [5, 5.41) is 0. The molecule has 1 fully saturated rings. The van der Waals surface area contributed by atoms with E-state index in [1.807, 2.05) is 0 Å². The summed E-state index contributed by atoms with van der Waals surface area (Å²) >= 11 is 0. The van der Waals surface area contributed by atoms with E-state index < -0.39 is 16.0 Å². The highest BCUT2D eigenvalue weighted by Gasteiger charge is 2.38. The summed E-state index contributed by atoms with van der Waals surface area (Å²) in [7, 11) is -3.60. The van der Waals surface area contributed by atoms with E-state index in [9.17, 15) is 13.2 Å². The Morgan fingerprint density at radius 2 is 1.82 bits per heavy atom. The number of nitrogens with zero attached hydrogens (tertiary/aromatic N) is 1. The first-order chi connectivity index (χ1) is 10.2. The fraction of sp³-hybridized carbons (Fsp3) is 0.667. The van der Waals surface area contributed by atoms with Gasteiger partial charge < -0.3 is 9.72 Å². The Morgan fingerprint density at radius 1 is 1.27 bits per heavy atom. The number of hydrogen-bond donors (Lipinski definition) is 1. The number of rotatable bonds is 4. The van der Waals surface area contributed by atoms with Gasteiger partial charge in [0.25, 0.3) is 0 Å². The van der Waals surface area contributed by atoms with Gasteiger partial charge in [0.2, 0.25) is 10.0 Å². The van der Waals surface area contributed by atoms with Crippen molar-refractivity contribution in [3.05, 3.63) is 17.0 Å². The number of aromatic amines is 1. The lowest BCUT2D eigenvalue weighted by Crippen LogP contribution is -2.29. The van der Waals surface area contributed by atoms with E-state index >= 15 is 0 Å². The maximum absolute atomic E-state index is 12.9. The molecule has 7 heteroatoms. The molecule has 2 unspecified atom stereocenters. The molecule has 1 aromatic rings. The van der Waals surface area contributed by atoms with E-state index in [-0.39, 0.29) is 17.2 Å². The van der Waals surface area contributed by atoms with Crippen molar-refractivity contribution >= 4 is 16.0 Å². The number of aryl methyl sites for hydroxylation is 1. The SMILES string of the molecule is CCOC(=O)c1[nH]c(C)c(S(=O)(=O)N2CC(C)C(C)C2)c1C. The Hall–Kier alpha value is -1.34. The van der Waals surface area contributed by atoms with E-state index in [0.717, 1.165) is 0 Å². The van der Waals surface area contributed by atoms with Gasteiger partial charge in [0.05, 0.1) is 6.61 Å². The van der Waals surface area contributed by atoms with Crippen LogP contribution in [0, 0.1) is 25.7 Å². The maximum atomic E-state index is 12.9. The third kappa shape index (κ3) is 2.79. The molecule has 0 bridgehead atoms. The molecule has 0 saturated carbocycles. The molecule has 2 atom stereocenters. The van der Waals surface area contributed by atoms with Crippen LogP contribution in [0.2, 0.25) is 0 Å². The van der Waals surface area contributed by atoms with Crippen molar-refractivity contribution in [3.63, 3.8) is 0 Å². The second-order valence-electron chi connectivity index (χ2n) is 6.08. The van der Waals surface area contributed by atoms with Crippen LogP contribution in [0.15, 0.2) is 4.90 Å². The molecule has 1 aliphatic heterocycles. The van der Waals surface area contributed by atoms with Gasteiger partial charge in [0.1, 0.15) is 10.6 Å². The molecule has 0 aromatic carbocycles. The summed E-state index contributed by atoms with van der Waals surface area (Å²) in [6.45, 7) is 10.4. The van der Waals surface area contributed by atoms with Gasteiger partial charge in [-0.3, -0.25) is 0 Å². The van der Waals surface area contributed by atoms with Crippen LogP contribution >= 0.6 is 0 Å². The van der Waals surface area contributed by atoms with Gasteiger partial charge in [-0.1, -0.05) is 13.8 Å². The predicted octanol–water partition coefficient (Wildman–Crippen LogP) is 2.08. The van der Waals surface area contributed by atoms with Crippen molar-refractivity contribution in [1.82, 2.24) is 9.29 Å². The summed E-state index contributed by atoms with van der Waals surface area (Å²) in [4.78, 5) is 15.0. The van der Waals surface area contributed by atoms with Crippen molar-refractivity contribution in [2.75, 3.05) is 19.7 Å². The summed E-state index contributed by atoms with van der Waals surface area (Å²) in [6.07, 6.45) is 0. The molecule has 2 heterocycles. The van der Waals surface area contributed by atoms with Gasteiger partial charge in [0.15, 0.2) is 0 Å². The minimum absolute atomic E-state index is 0.205. The Kier molecular flexibility index (Phi) is 4.67. The lowest BCUT2D eigenvalue weighted by Gasteiger charge is -2.16. The third-order valence-corrected chi connectivity index (χ3v) is 6.51. The molecule has 0 spiro atoms. The maximum Gasteiger partial charge on any atom is 0.355 e. The number of hydrogen-bond acceptors (Lipinski definition) is 4. The Bertz CT molecular complexity index is 668. The lowest BCUT2D eigenvalue weighted by molar-refractivity contribution is 0.0519. The van der Waals surface area contributed by atoms with Crippen molar-refractivity contribution in [2.45, 2.75) is 39.5 Å². The average Bonchev–Trinajstić information content (AvgIpc) is 2.91. The molecular weight excluding hydrogens is 304 g/mol. The summed E-state index contributed by atoms with van der Waals surface area (Å²) in [5.74, 6) is 0.144. The number of esters is 1. The largest absolute Gasteiger partial charge is 0.461 e. The molecule has 1 aliphatic rings. The molecule has 2 rings (SSSR count). The number of nitrogens with one attached hydrogen (secondary N) is 1. The molecule has 0 radical (unpaired) electrons. The number of ether oxygens (including phenoxy) is 1. The van der Waals surface area contributed by atoms with Crippen molar-refractivity contribution in [2.24, 2.45) is 11.8 Å². The number of sulfonamides is 1. The Balaban J connectivity index is 2.42. The number of H-pyrrole nitrogens is 1. The van der Waals surface area contributed by atoms with E-state index in [4.69, 9.17) is 4.74 Å². The van der Waals surface area contributed by atoms with Crippen LogP contribution in [-0.4, -0.2) is 43.4 Å². The lowest BCUT2D eigenvalue weighted by atomic mass is 10.0. The second kappa shape index (κ2) is 6.04. The molecule has 0 amide bonds. The van der Waals surface area contributed by atoms with Crippen LogP contribution in [0.5, 0.6) is 0 Å². The fourth-order valence-corrected chi connectivity index (χ4v) is 4.98.